The van der Waals surface area contributed by atoms with Gasteiger partial charge in [0, 0.05) is 6.42 Å². The van der Waals surface area contributed by atoms with Crippen molar-refractivity contribution in [2.45, 2.75) is 13.3 Å². The molecule has 0 radical (unpaired) electrons. The van der Waals surface area contributed by atoms with Crippen LogP contribution < -0.4 is 9.47 Å². The molecule has 1 aliphatic rings. The van der Waals surface area contributed by atoms with Crippen molar-refractivity contribution in [3.8, 4) is 11.8 Å². The first kappa shape index (κ1) is 7.34. The molecule has 0 bridgehead atoms. The maximum atomic E-state index is 5.29. The van der Waals surface area contributed by atoms with E-state index in [1.807, 2.05) is 6.92 Å². The Kier molecular flexibility index (Phi) is 1.60. The molecule has 2 rings (SSSR count). The summed E-state index contributed by atoms with van der Waals surface area (Å²) in [4.78, 5) is 8.30. The van der Waals surface area contributed by atoms with Gasteiger partial charge in [-0.1, -0.05) is 0 Å². The molecule has 1 aliphatic heterocycles. The first-order valence-corrected chi connectivity index (χ1v) is 3.85. The first-order chi connectivity index (χ1) is 5.81. The molecule has 64 valence electrons. The third-order valence-corrected chi connectivity index (χ3v) is 1.83. The molecule has 1 aromatic heterocycles. The molecule has 1 aromatic rings. The first-order valence-electron chi connectivity index (χ1n) is 3.85. The normalized spacial score (nSPS) is 13.8. The van der Waals surface area contributed by atoms with Crippen molar-refractivity contribution in [1.82, 2.24) is 9.97 Å². The van der Waals surface area contributed by atoms with Gasteiger partial charge in [0.15, 0.2) is 0 Å². The molecule has 0 saturated carbocycles. The molecule has 0 unspecified atom stereocenters. The number of aryl methyl sites for hydroxylation is 1. The van der Waals surface area contributed by atoms with E-state index in [0.717, 1.165) is 12.0 Å². The fourth-order valence-electron chi connectivity index (χ4n) is 1.30. The highest BCUT2D eigenvalue weighted by Gasteiger charge is 2.20. The quantitative estimate of drug-likeness (QED) is 0.616. The Morgan fingerprint density at radius 2 is 2.25 bits per heavy atom. The van der Waals surface area contributed by atoms with Crippen LogP contribution in [0.15, 0.2) is 0 Å². The lowest BCUT2D eigenvalue weighted by molar-refractivity contribution is 0.343. The van der Waals surface area contributed by atoms with Gasteiger partial charge in [-0.2, -0.15) is 9.97 Å². The summed E-state index contributed by atoms with van der Waals surface area (Å²) in [6.45, 7) is 2.51. The summed E-state index contributed by atoms with van der Waals surface area (Å²) in [5, 5.41) is 0. The number of rotatable bonds is 1. The SMILES string of the molecule is COc1nc(C)nc2c1CCO2. The molecule has 0 fully saturated rings. The fourth-order valence-corrected chi connectivity index (χ4v) is 1.30. The summed E-state index contributed by atoms with van der Waals surface area (Å²) in [6, 6.07) is 0. The standard InChI is InChI=1S/C8H10N2O2/c1-5-9-7(11-2)6-3-4-12-8(6)10-5/h3-4H2,1-2H3. The van der Waals surface area contributed by atoms with Gasteiger partial charge in [-0.25, -0.2) is 0 Å². The monoisotopic (exact) mass is 166 g/mol. The van der Waals surface area contributed by atoms with Crippen molar-refractivity contribution < 1.29 is 9.47 Å². The van der Waals surface area contributed by atoms with Crippen LogP contribution in [0.2, 0.25) is 0 Å². The second-order valence-corrected chi connectivity index (χ2v) is 2.66. The van der Waals surface area contributed by atoms with E-state index in [9.17, 15) is 0 Å². The second-order valence-electron chi connectivity index (χ2n) is 2.66. The van der Waals surface area contributed by atoms with Crippen molar-refractivity contribution in [3.63, 3.8) is 0 Å². The van der Waals surface area contributed by atoms with Crippen molar-refractivity contribution in [1.29, 1.82) is 0 Å². The number of hydrogen-bond acceptors (Lipinski definition) is 4. The molecule has 0 N–H and O–H groups in total. The molecular weight excluding hydrogens is 156 g/mol. The summed E-state index contributed by atoms with van der Waals surface area (Å²) < 4.78 is 10.4. The van der Waals surface area contributed by atoms with Crippen LogP contribution in [0.25, 0.3) is 0 Å². The van der Waals surface area contributed by atoms with E-state index in [0.29, 0.717) is 24.2 Å². The van der Waals surface area contributed by atoms with Crippen LogP contribution in [0, 0.1) is 6.92 Å². The summed E-state index contributed by atoms with van der Waals surface area (Å²) in [5.74, 6) is 2.02. The molecule has 0 spiro atoms. The van der Waals surface area contributed by atoms with Crippen LogP contribution >= 0.6 is 0 Å². The van der Waals surface area contributed by atoms with E-state index < -0.39 is 0 Å². The Hall–Kier alpha value is -1.32. The predicted octanol–water partition coefficient (Wildman–Crippen LogP) is 0.729. The highest BCUT2D eigenvalue weighted by atomic mass is 16.5. The number of ether oxygens (including phenoxy) is 2. The van der Waals surface area contributed by atoms with Gasteiger partial charge in [0.25, 0.3) is 0 Å². The van der Waals surface area contributed by atoms with Gasteiger partial charge in [-0.15, -0.1) is 0 Å². The molecule has 4 nitrogen and oxygen atoms in total. The van der Waals surface area contributed by atoms with E-state index in [2.05, 4.69) is 9.97 Å². The van der Waals surface area contributed by atoms with Crippen molar-refractivity contribution in [2.75, 3.05) is 13.7 Å². The van der Waals surface area contributed by atoms with Gasteiger partial charge in [0.1, 0.15) is 5.82 Å². The zero-order valence-corrected chi connectivity index (χ0v) is 7.13. The molecule has 0 aliphatic carbocycles. The Morgan fingerprint density at radius 1 is 1.42 bits per heavy atom. The highest BCUT2D eigenvalue weighted by molar-refractivity contribution is 5.38. The van der Waals surface area contributed by atoms with Gasteiger partial charge in [-0.3, -0.25) is 0 Å². The van der Waals surface area contributed by atoms with Crippen molar-refractivity contribution in [3.05, 3.63) is 11.4 Å². The average molecular weight is 166 g/mol. The summed E-state index contributed by atoms with van der Waals surface area (Å²) in [6.07, 6.45) is 0.846. The molecule has 2 heterocycles. The summed E-state index contributed by atoms with van der Waals surface area (Å²) in [7, 11) is 1.61. The van der Waals surface area contributed by atoms with Gasteiger partial charge >= 0.3 is 0 Å². The van der Waals surface area contributed by atoms with Gasteiger partial charge in [0.2, 0.25) is 11.8 Å². The molecule has 4 heteroatoms. The minimum absolute atomic E-state index is 0.648. The Morgan fingerprint density at radius 3 is 3.00 bits per heavy atom. The minimum atomic E-state index is 0.648. The molecule has 0 aromatic carbocycles. The third-order valence-electron chi connectivity index (χ3n) is 1.83. The summed E-state index contributed by atoms with van der Waals surface area (Å²) in [5.41, 5.74) is 0.989. The average Bonchev–Trinajstić information content (AvgIpc) is 2.50. The lowest BCUT2D eigenvalue weighted by atomic mass is 10.2. The van der Waals surface area contributed by atoms with Gasteiger partial charge in [0.05, 0.1) is 19.3 Å². The second kappa shape index (κ2) is 2.62. The van der Waals surface area contributed by atoms with Crippen LogP contribution in [0.1, 0.15) is 11.4 Å². The van der Waals surface area contributed by atoms with E-state index in [1.54, 1.807) is 7.11 Å². The number of fused-ring (bicyclic) bond motifs is 1. The topological polar surface area (TPSA) is 44.2 Å². The Balaban J connectivity index is 2.55. The highest BCUT2D eigenvalue weighted by Crippen LogP contribution is 2.29. The molecular formula is C8H10N2O2. The van der Waals surface area contributed by atoms with Crippen LogP contribution in [0.4, 0.5) is 0 Å². The summed E-state index contributed by atoms with van der Waals surface area (Å²) >= 11 is 0. The van der Waals surface area contributed by atoms with Crippen molar-refractivity contribution >= 4 is 0 Å². The van der Waals surface area contributed by atoms with E-state index in [1.165, 1.54) is 0 Å². The lowest BCUT2D eigenvalue weighted by Gasteiger charge is -2.04. The zero-order valence-electron chi connectivity index (χ0n) is 7.13. The number of hydrogen-bond donors (Lipinski definition) is 0. The maximum absolute atomic E-state index is 5.29. The van der Waals surface area contributed by atoms with Crippen molar-refractivity contribution in [2.24, 2.45) is 0 Å². The number of methoxy groups -OCH3 is 1. The molecule has 0 amide bonds. The van der Waals surface area contributed by atoms with E-state index in [-0.39, 0.29) is 0 Å². The van der Waals surface area contributed by atoms with Crippen LogP contribution in [0.3, 0.4) is 0 Å². The van der Waals surface area contributed by atoms with E-state index >= 15 is 0 Å². The number of nitrogens with zero attached hydrogens (tertiary/aromatic N) is 2. The maximum Gasteiger partial charge on any atom is 0.223 e. The molecule has 12 heavy (non-hydrogen) atoms. The third kappa shape index (κ3) is 0.995. The lowest BCUT2D eigenvalue weighted by Crippen LogP contribution is -1.97. The Bertz CT molecular complexity index is 312. The van der Waals surface area contributed by atoms with Gasteiger partial charge < -0.3 is 9.47 Å². The zero-order chi connectivity index (χ0) is 8.55. The number of aromatic nitrogens is 2. The predicted molar refractivity (Wildman–Crippen MR) is 42.5 cm³/mol. The largest absolute Gasteiger partial charge is 0.481 e. The van der Waals surface area contributed by atoms with E-state index in [4.69, 9.17) is 9.47 Å². The van der Waals surface area contributed by atoms with Crippen LogP contribution in [0.5, 0.6) is 11.8 Å². The smallest absolute Gasteiger partial charge is 0.223 e. The molecule has 0 saturated heterocycles. The van der Waals surface area contributed by atoms with Gasteiger partial charge in [-0.05, 0) is 6.92 Å². The minimum Gasteiger partial charge on any atom is -0.481 e. The molecule has 0 atom stereocenters. The Labute approximate surface area is 70.6 Å². The van der Waals surface area contributed by atoms with Crippen LogP contribution in [-0.4, -0.2) is 23.7 Å². The van der Waals surface area contributed by atoms with Crippen LogP contribution in [-0.2, 0) is 6.42 Å². The fraction of sp³-hybridized carbons (Fsp3) is 0.500.